The van der Waals surface area contributed by atoms with Crippen LogP contribution in [0.5, 0.6) is 0 Å². The van der Waals surface area contributed by atoms with Crippen molar-refractivity contribution in [1.29, 1.82) is 0 Å². The number of benzene rings is 1. The highest BCUT2D eigenvalue weighted by Crippen LogP contribution is 2.26. The summed E-state index contributed by atoms with van der Waals surface area (Å²) in [6.45, 7) is 1.64. The predicted molar refractivity (Wildman–Crippen MR) is 82.5 cm³/mol. The number of hydrogen-bond acceptors (Lipinski definition) is 2. The van der Waals surface area contributed by atoms with Crippen LogP contribution in [0.15, 0.2) is 35.3 Å². The lowest BCUT2D eigenvalue weighted by atomic mass is 9.85. The summed E-state index contributed by atoms with van der Waals surface area (Å²) in [6, 6.07) is 10.6. The molecule has 1 aromatic heterocycles. The second-order valence-corrected chi connectivity index (χ2v) is 6.30. The van der Waals surface area contributed by atoms with Crippen LogP contribution in [0, 0.1) is 5.92 Å². The Morgan fingerprint density at radius 3 is 2.95 bits per heavy atom. The normalized spacial score (nSPS) is 16.5. The summed E-state index contributed by atoms with van der Waals surface area (Å²) in [5.41, 5.74) is 5.89. The van der Waals surface area contributed by atoms with Gasteiger partial charge in [-0.3, -0.25) is 0 Å². The Hall–Kier alpha value is -1.55. The van der Waals surface area contributed by atoms with Crippen molar-refractivity contribution in [3.63, 3.8) is 0 Å². The van der Waals surface area contributed by atoms with E-state index in [0.29, 0.717) is 12.5 Å². The fraction of sp³-hybridized carbons (Fsp3) is 0.400. The van der Waals surface area contributed by atoms with Crippen LogP contribution in [0.1, 0.15) is 24.1 Å². The molecule has 19 heavy (non-hydrogen) atoms. The maximum absolute atomic E-state index is 5.89. The zero-order valence-corrected chi connectivity index (χ0v) is 11.7. The Labute approximate surface area is 117 Å². The van der Waals surface area contributed by atoms with Crippen molar-refractivity contribution in [3.8, 4) is 0 Å². The second-order valence-electron chi connectivity index (χ2n) is 5.13. The molecule has 0 amide bonds. The number of hydrogen-bond donors (Lipinski definition) is 2. The molecule has 1 fully saturated rings. The fourth-order valence-electron chi connectivity index (χ4n) is 2.28. The summed E-state index contributed by atoms with van der Waals surface area (Å²) >= 11 is 1.79. The van der Waals surface area contributed by atoms with Gasteiger partial charge in [0.15, 0.2) is 5.96 Å². The number of nitrogens with zero attached hydrogens (tertiary/aromatic N) is 1. The molecule has 3 N–H and O–H groups in total. The van der Waals surface area contributed by atoms with Gasteiger partial charge >= 0.3 is 0 Å². The minimum atomic E-state index is 0.573. The van der Waals surface area contributed by atoms with Crippen molar-refractivity contribution in [1.82, 2.24) is 5.32 Å². The highest BCUT2D eigenvalue weighted by Gasteiger charge is 2.16. The Bertz CT molecular complexity index is 551. The van der Waals surface area contributed by atoms with E-state index in [1.165, 1.54) is 34.2 Å². The van der Waals surface area contributed by atoms with E-state index in [9.17, 15) is 0 Å². The molecule has 0 unspecified atom stereocenters. The second kappa shape index (κ2) is 5.61. The largest absolute Gasteiger partial charge is 0.370 e. The van der Waals surface area contributed by atoms with E-state index in [1.54, 1.807) is 11.3 Å². The lowest BCUT2D eigenvalue weighted by molar-refractivity contribution is 0.315. The molecule has 100 valence electrons. The molecule has 0 bridgehead atoms. The molecule has 0 saturated heterocycles. The van der Waals surface area contributed by atoms with Crippen LogP contribution in [0.3, 0.4) is 0 Å². The SMILES string of the molecule is NC(=NCc1cc2ccccc2s1)NCC1CCC1. The summed E-state index contributed by atoms with van der Waals surface area (Å²) in [6.07, 6.45) is 4.03. The number of nitrogens with one attached hydrogen (secondary N) is 1. The maximum Gasteiger partial charge on any atom is 0.188 e. The Kier molecular flexibility index (Phi) is 3.69. The average Bonchev–Trinajstić information content (AvgIpc) is 2.77. The van der Waals surface area contributed by atoms with Crippen LogP contribution in [0.4, 0.5) is 0 Å². The lowest BCUT2D eigenvalue weighted by Crippen LogP contribution is -2.37. The number of fused-ring (bicyclic) bond motifs is 1. The first kappa shape index (κ1) is 12.5. The molecule has 1 aliphatic carbocycles. The molecule has 0 radical (unpaired) electrons. The number of thiophene rings is 1. The molecule has 0 spiro atoms. The smallest absolute Gasteiger partial charge is 0.188 e. The molecule has 1 saturated carbocycles. The van der Waals surface area contributed by atoms with Crippen LogP contribution >= 0.6 is 11.3 Å². The highest BCUT2D eigenvalue weighted by atomic mass is 32.1. The van der Waals surface area contributed by atoms with Crippen LogP contribution < -0.4 is 11.1 Å². The quantitative estimate of drug-likeness (QED) is 0.664. The lowest BCUT2D eigenvalue weighted by Gasteiger charge is -2.25. The molecule has 3 nitrogen and oxygen atoms in total. The number of nitrogens with two attached hydrogens (primary N) is 1. The first-order chi connectivity index (χ1) is 9.31. The number of rotatable bonds is 4. The Morgan fingerprint density at radius 1 is 1.37 bits per heavy atom. The van der Waals surface area contributed by atoms with E-state index >= 15 is 0 Å². The third-order valence-corrected chi connectivity index (χ3v) is 4.78. The van der Waals surface area contributed by atoms with E-state index in [4.69, 9.17) is 5.73 Å². The van der Waals surface area contributed by atoms with Gasteiger partial charge in [0.05, 0.1) is 6.54 Å². The van der Waals surface area contributed by atoms with Crippen LogP contribution in [-0.2, 0) is 6.54 Å². The third kappa shape index (κ3) is 3.07. The highest BCUT2D eigenvalue weighted by molar-refractivity contribution is 7.19. The van der Waals surface area contributed by atoms with E-state index < -0.39 is 0 Å². The van der Waals surface area contributed by atoms with Gasteiger partial charge in [0.2, 0.25) is 0 Å². The molecule has 3 rings (SSSR count). The Morgan fingerprint density at radius 2 is 2.21 bits per heavy atom. The summed E-state index contributed by atoms with van der Waals surface area (Å²) < 4.78 is 1.31. The van der Waals surface area contributed by atoms with Gasteiger partial charge in [-0.15, -0.1) is 11.3 Å². The van der Waals surface area contributed by atoms with Crippen molar-refractivity contribution in [2.45, 2.75) is 25.8 Å². The molecule has 4 heteroatoms. The van der Waals surface area contributed by atoms with Crippen molar-refractivity contribution in [2.75, 3.05) is 6.54 Å². The van der Waals surface area contributed by atoms with E-state index in [1.807, 2.05) is 0 Å². The van der Waals surface area contributed by atoms with Crippen LogP contribution in [0.25, 0.3) is 10.1 Å². The minimum absolute atomic E-state index is 0.573. The molecule has 2 aromatic rings. The molecule has 1 heterocycles. The molecule has 0 atom stereocenters. The van der Waals surface area contributed by atoms with Gasteiger partial charge in [-0.25, -0.2) is 4.99 Å². The maximum atomic E-state index is 5.89. The fourth-order valence-corrected chi connectivity index (χ4v) is 3.27. The topological polar surface area (TPSA) is 50.4 Å². The van der Waals surface area contributed by atoms with Crippen molar-refractivity contribution in [2.24, 2.45) is 16.6 Å². The zero-order chi connectivity index (χ0) is 13.1. The predicted octanol–water partition coefficient (Wildman–Crippen LogP) is 3.11. The molecule has 1 aromatic carbocycles. The number of aliphatic imine (C=N–C) groups is 1. The van der Waals surface area contributed by atoms with Crippen molar-refractivity contribution >= 4 is 27.4 Å². The monoisotopic (exact) mass is 273 g/mol. The summed E-state index contributed by atoms with van der Waals surface area (Å²) in [4.78, 5) is 5.67. The van der Waals surface area contributed by atoms with E-state index in [-0.39, 0.29) is 0 Å². The van der Waals surface area contributed by atoms with E-state index in [2.05, 4.69) is 40.6 Å². The van der Waals surface area contributed by atoms with Gasteiger partial charge in [0, 0.05) is 16.1 Å². The Balaban J connectivity index is 1.57. The van der Waals surface area contributed by atoms with Gasteiger partial charge in [0.25, 0.3) is 0 Å². The third-order valence-electron chi connectivity index (χ3n) is 3.68. The standard InChI is InChI=1S/C15H19N3S/c16-15(17-9-11-4-3-5-11)18-10-13-8-12-6-1-2-7-14(12)19-13/h1-2,6-8,11H,3-5,9-10H2,(H3,16,17,18). The molecule has 1 aliphatic rings. The van der Waals surface area contributed by atoms with Crippen molar-refractivity contribution in [3.05, 3.63) is 35.2 Å². The van der Waals surface area contributed by atoms with Crippen LogP contribution in [0.2, 0.25) is 0 Å². The van der Waals surface area contributed by atoms with Gasteiger partial charge in [0.1, 0.15) is 0 Å². The van der Waals surface area contributed by atoms with Gasteiger partial charge in [-0.2, -0.15) is 0 Å². The number of guanidine groups is 1. The summed E-state index contributed by atoms with van der Waals surface area (Å²) in [7, 11) is 0. The summed E-state index contributed by atoms with van der Waals surface area (Å²) in [5, 5.41) is 4.51. The van der Waals surface area contributed by atoms with Crippen molar-refractivity contribution < 1.29 is 0 Å². The first-order valence-corrected chi connectivity index (χ1v) is 7.64. The molecular weight excluding hydrogens is 254 g/mol. The minimum Gasteiger partial charge on any atom is -0.370 e. The molecular formula is C15H19N3S. The van der Waals surface area contributed by atoms with Gasteiger partial charge in [-0.1, -0.05) is 24.6 Å². The molecule has 0 aliphatic heterocycles. The average molecular weight is 273 g/mol. The van der Waals surface area contributed by atoms with E-state index in [0.717, 1.165) is 12.5 Å². The van der Waals surface area contributed by atoms with Crippen LogP contribution in [-0.4, -0.2) is 12.5 Å². The van der Waals surface area contributed by atoms with Gasteiger partial charge in [-0.05, 0) is 36.3 Å². The van der Waals surface area contributed by atoms with Gasteiger partial charge < -0.3 is 11.1 Å². The zero-order valence-electron chi connectivity index (χ0n) is 10.9. The summed E-state index contributed by atoms with van der Waals surface area (Å²) in [5.74, 6) is 1.38. The first-order valence-electron chi connectivity index (χ1n) is 6.82.